The maximum absolute atomic E-state index is 14.1. The van der Waals surface area contributed by atoms with E-state index in [1.165, 1.54) is 12.1 Å². The number of hydrogen-bond acceptors (Lipinski definition) is 4. The van der Waals surface area contributed by atoms with E-state index in [1.807, 2.05) is 0 Å². The number of benzene rings is 2. The molecule has 0 spiro atoms. The lowest BCUT2D eigenvalue weighted by Gasteiger charge is -2.12. The van der Waals surface area contributed by atoms with E-state index < -0.39 is 10.7 Å². The van der Waals surface area contributed by atoms with E-state index >= 15 is 0 Å². The van der Waals surface area contributed by atoms with E-state index in [2.05, 4.69) is 10.3 Å². The van der Waals surface area contributed by atoms with Gasteiger partial charge in [0.15, 0.2) is 5.82 Å². The van der Waals surface area contributed by atoms with Gasteiger partial charge in [-0.1, -0.05) is 17.7 Å². The summed E-state index contributed by atoms with van der Waals surface area (Å²) in [4.78, 5) is 14.9. The Morgan fingerprint density at radius 2 is 2.00 bits per heavy atom. The molecule has 0 fully saturated rings. The number of nitrogens with one attached hydrogen (secondary N) is 1. The van der Waals surface area contributed by atoms with Crippen molar-refractivity contribution >= 4 is 39.6 Å². The Hall–Kier alpha value is -2.73. The lowest BCUT2D eigenvalue weighted by Crippen LogP contribution is -1.99. The van der Waals surface area contributed by atoms with Crippen LogP contribution in [0.5, 0.6) is 0 Å². The van der Waals surface area contributed by atoms with Gasteiger partial charge in [-0.3, -0.25) is 15.1 Å². The van der Waals surface area contributed by atoms with Gasteiger partial charge in [0.25, 0.3) is 5.69 Å². The highest BCUT2D eigenvalue weighted by molar-refractivity contribution is 6.31. The number of nitro groups is 1. The summed E-state index contributed by atoms with van der Waals surface area (Å²) in [6.07, 6.45) is 1.55. The average Bonchev–Trinajstić information content (AvgIpc) is 2.52. The second-order valence-electron chi connectivity index (χ2n) is 4.95. The zero-order chi connectivity index (χ0) is 16.6. The molecule has 116 valence electrons. The normalized spacial score (nSPS) is 10.7. The van der Waals surface area contributed by atoms with Crippen LogP contribution < -0.4 is 5.32 Å². The summed E-state index contributed by atoms with van der Waals surface area (Å²) < 4.78 is 14.1. The van der Waals surface area contributed by atoms with Gasteiger partial charge in [0.1, 0.15) is 0 Å². The van der Waals surface area contributed by atoms with E-state index in [-0.39, 0.29) is 16.4 Å². The Kier molecular flexibility index (Phi) is 3.83. The number of anilines is 2. The number of fused-ring (bicyclic) bond motifs is 1. The number of hydrogen-bond donors (Lipinski definition) is 1. The lowest BCUT2D eigenvalue weighted by atomic mass is 10.1. The third-order valence-corrected chi connectivity index (χ3v) is 3.85. The Bertz CT molecular complexity index is 931. The van der Waals surface area contributed by atoms with Crippen LogP contribution in [0.25, 0.3) is 10.9 Å². The van der Waals surface area contributed by atoms with E-state index in [4.69, 9.17) is 11.6 Å². The average molecular weight is 332 g/mol. The van der Waals surface area contributed by atoms with Crippen LogP contribution in [0, 0.1) is 22.9 Å². The molecular weight excluding hydrogens is 321 g/mol. The summed E-state index contributed by atoms with van der Waals surface area (Å²) in [5.74, 6) is -0.581. The van der Waals surface area contributed by atoms with Crippen molar-refractivity contribution in [3.8, 4) is 0 Å². The van der Waals surface area contributed by atoms with Crippen LogP contribution in [0.4, 0.5) is 21.5 Å². The molecule has 0 aliphatic heterocycles. The van der Waals surface area contributed by atoms with E-state index in [0.717, 1.165) is 0 Å². The molecular formula is C16H11ClFN3O2. The molecule has 5 nitrogen and oxygen atoms in total. The predicted octanol–water partition coefficient (Wildman–Crippen LogP) is 4.99. The first-order valence-corrected chi connectivity index (χ1v) is 7.10. The van der Waals surface area contributed by atoms with Crippen LogP contribution >= 0.6 is 11.6 Å². The molecule has 7 heteroatoms. The minimum absolute atomic E-state index is 0.00364. The van der Waals surface area contributed by atoms with Crippen molar-refractivity contribution in [1.82, 2.24) is 4.98 Å². The van der Waals surface area contributed by atoms with Crippen molar-refractivity contribution in [1.29, 1.82) is 0 Å². The SMILES string of the molecule is Cc1c([N+](=O)[O-])ccc2nccc(Nc3cccc(Cl)c3F)c12. The zero-order valence-corrected chi connectivity index (χ0v) is 12.8. The summed E-state index contributed by atoms with van der Waals surface area (Å²) >= 11 is 5.78. The summed E-state index contributed by atoms with van der Waals surface area (Å²) in [7, 11) is 0. The minimum Gasteiger partial charge on any atom is -0.352 e. The second-order valence-corrected chi connectivity index (χ2v) is 5.35. The molecule has 23 heavy (non-hydrogen) atoms. The highest BCUT2D eigenvalue weighted by Gasteiger charge is 2.17. The quantitative estimate of drug-likeness (QED) is 0.542. The van der Waals surface area contributed by atoms with E-state index in [0.29, 0.717) is 22.2 Å². The predicted molar refractivity (Wildman–Crippen MR) is 87.8 cm³/mol. The highest BCUT2D eigenvalue weighted by Crippen LogP contribution is 2.34. The third kappa shape index (κ3) is 2.68. The van der Waals surface area contributed by atoms with Crippen LogP contribution in [0.3, 0.4) is 0 Å². The van der Waals surface area contributed by atoms with Crippen LogP contribution in [0.15, 0.2) is 42.6 Å². The molecule has 1 N–H and O–H groups in total. The molecule has 0 saturated heterocycles. The van der Waals surface area contributed by atoms with Crippen molar-refractivity contribution < 1.29 is 9.31 Å². The summed E-state index contributed by atoms with van der Waals surface area (Å²) in [5.41, 5.74) is 1.75. The van der Waals surface area contributed by atoms with Gasteiger partial charge in [0, 0.05) is 23.2 Å². The number of nitro benzene ring substituents is 1. The maximum atomic E-state index is 14.1. The third-order valence-electron chi connectivity index (χ3n) is 3.56. The molecule has 0 unspecified atom stereocenters. The Morgan fingerprint density at radius 3 is 2.74 bits per heavy atom. The Labute approximate surface area is 135 Å². The number of aryl methyl sites for hydroxylation is 1. The number of rotatable bonds is 3. The largest absolute Gasteiger partial charge is 0.352 e. The van der Waals surface area contributed by atoms with Crippen molar-refractivity contribution in [3.05, 3.63) is 69.1 Å². The van der Waals surface area contributed by atoms with Crippen LogP contribution in [-0.4, -0.2) is 9.91 Å². The van der Waals surface area contributed by atoms with Gasteiger partial charge < -0.3 is 5.32 Å². The van der Waals surface area contributed by atoms with Crippen LogP contribution in [0.2, 0.25) is 5.02 Å². The molecule has 0 saturated carbocycles. The minimum atomic E-state index is -0.581. The molecule has 0 aliphatic rings. The van der Waals surface area contributed by atoms with Gasteiger partial charge in [-0.15, -0.1) is 0 Å². The second kappa shape index (κ2) is 5.81. The molecule has 0 bridgehead atoms. The molecule has 0 atom stereocenters. The van der Waals surface area contributed by atoms with E-state index in [9.17, 15) is 14.5 Å². The van der Waals surface area contributed by atoms with Crippen molar-refractivity contribution in [2.45, 2.75) is 6.92 Å². The summed E-state index contributed by atoms with van der Waals surface area (Å²) in [6.45, 7) is 1.64. The summed E-state index contributed by atoms with van der Waals surface area (Å²) in [5, 5.41) is 14.6. The molecule has 1 heterocycles. The van der Waals surface area contributed by atoms with Crippen LogP contribution in [0.1, 0.15) is 5.56 Å². The monoisotopic (exact) mass is 331 g/mol. The smallest absolute Gasteiger partial charge is 0.273 e. The highest BCUT2D eigenvalue weighted by atomic mass is 35.5. The maximum Gasteiger partial charge on any atom is 0.273 e. The summed E-state index contributed by atoms with van der Waals surface area (Å²) in [6, 6.07) is 9.23. The van der Waals surface area contributed by atoms with Gasteiger partial charge in [-0.05, 0) is 31.2 Å². The number of nitrogens with zero attached hydrogens (tertiary/aromatic N) is 2. The fraction of sp³-hybridized carbons (Fsp3) is 0.0625. The van der Waals surface area contributed by atoms with E-state index in [1.54, 1.807) is 37.4 Å². The number of pyridine rings is 1. The van der Waals surface area contributed by atoms with Gasteiger partial charge in [0.2, 0.25) is 0 Å². The lowest BCUT2D eigenvalue weighted by molar-refractivity contribution is -0.385. The zero-order valence-electron chi connectivity index (χ0n) is 12.0. The van der Waals surface area contributed by atoms with Gasteiger partial charge >= 0.3 is 0 Å². The first-order chi connectivity index (χ1) is 11.0. The standard InChI is InChI=1S/C16H11ClFN3O2/c1-9-14(21(22)23)6-5-11-15(9)12(7-8-19-11)20-13-4-2-3-10(17)16(13)18/h2-8H,1H3,(H,19,20). The molecule has 3 rings (SSSR count). The Balaban J connectivity index is 2.19. The van der Waals surface area contributed by atoms with Crippen molar-refractivity contribution in [3.63, 3.8) is 0 Å². The van der Waals surface area contributed by atoms with Crippen LogP contribution in [-0.2, 0) is 0 Å². The van der Waals surface area contributed by atoms with Crippen molar-refractivity contribution in [2.75, 3.05) is 5.32 Å². The first-order valence-electron chi connectivity index (χ1n) is 6.73. The topological polar surface area (TPSA) is 68.1 Å². The Morgan fingerprint density at radius 1 is 1.22 bits per heavy atom. The molecule has 0 aliphatic carbocycles. The fourth-order valence-electron chi connectivity index (χ4n) is 2.46. The van der Waals surface area contributed by atoms with Gasteiger partial charge in [0.05, 0.1) is 26.8 Å². The number of aromatic nitrogens is 1. The first kappa shape index (κ1) is 15.2. The molecule has 0 amide bonds. The van der Waals surface area contributed by atoms with Crippen molar-refractivity contribution in [2.24, 2.45) is 0 Å². The molecule has 2 aromatic carbocycles. The van der Waals surface area contributed by atoms with Gasteiger partial charge in [-0.25, -0.2) is 4.39 Å². The fourth-order valence-corrected chi connectivity index (χ4v) is 2.63. The molecule has 3 aromatic rings. The molecule has 1 aromatic heterocycles. The number of halogens is 2. The van der Waals surface area contributed by atoms with Gasteiger partial charge in [-0.2, -0.15) is 0 Å². The molecule has 0 radical (unpaired) electrons.